The smallest absolute Gasteiger partial charge is 0.358 e. The molecule has 8 nitrogen and oxygen atoms in total. The van der Waals surface area contributed by atoms with E-state index in [1.165, 1.54) is 16.9 Å². The maximum absolute atomic E-state index is 10.5. The second-order valence-electron chi connectivity index (χ2n) is 3.40. The number of nitrogens with two attached hydrogens (primary N) is 1. The zero-order valence-electron chi connectivity index (χ0n) is 9.08. The molecule has 0 bridgehead atoms. The Bertz CT molecular complexity index is 584. The second-order valence-corrected chi connectivity index (χ2v) is 3.81. The number of hydrogen-bond acceptors (Lipinski definition) is 6. The number of nitro groups is 1. The summed E-state index contributed by atoms with van der Waals surface area (Å²) in [6.45, 7) is 0.224. The number of hydrazine groups is 1. The summed E-state index contributed by atoms with van der Waals surface area (Å²) in [6.07, 6.45) is 1.48. The average molecular weight is 269 g/mol. The van der Waals surface area contributed by atoms with Crippen molar-refractivity contribution in [1.82, 2.24) is 14.8 Å². The minimum atomic E-state index is -0.566. The van der Waals surface area contributed by atoms with Gasteiger partial charge in [0, 0.05) is 0 Å². The average Bonchev–Trinajstić information content (AvgIpc) is 2.81. The Kier molecular flexibility index (Phi) is 3.40. The zero-order valence-corrected chi connectivity index (χ0v) is 9.83. The highest BCUT2D eigenvalue weighted by molar-refractivity contribution is 6.31. The third-order valence-corrected chi connectivity index (χ3v) is 2.54. The molecule has 0 aliphatic rings. The van der Waals surface area contributed by atoms with Crippen molar-refractivity contribution in [1.29, 1.82) is 0 Å². The fourth-order valence-corrected chi connectivity index (χ4v) is 1.53. The Morgan fingerprint density at radius 1 is 1.50 bits per heavy atom. The first-order valence-electron chi connectivity index (χ1n) is 4.90. The lowest BCUT2D eigenvalue weighted by Gasteiger charge is -2.04. The topological polar surface area (TPSA) is 112 Å². The van der Waals surface area contributed by atoms with Crippen LogP contribution in [-0.4, -0.2) is 19.7 Å². The minimum absolute atomic E-state index is 0.223. The van der Waals surface area contributed by atoms with Crippen LogP contribution in [0.2, 0.25) is 5.02 Å². The summed E-state index contributed by atoms with van der Waals surface area (Å²) < 4.78 is 1.38. The zero-order chi connectivity index (χ0) is 13.1. The van der Waals surface area contributed by atoms with Crippen molar-refractivity contribution in [2.45, 2.75) is 6.54 Å². The summed E-state index contributed by atoms with van der Waals surface area (Å²) in [5.74, 6) is 5.47. The van der Waals surface area contributed by atoms with E-state index in [2.05, 4.69) is 15.5 Å². The molecule has 2 aromatic rings. The number of anilines is 1. The molecule has 0 unspecified atom stereocenters. The van der Waals surface area contributed by atoms with Gasteiger partial charge in [-0.3, -0.25) is 0 Å². The second kappa shape index (κ2) is 4.98. The Morgan fingerprint density at radius 2 is 2.28 bits per heavy atom. The van der Waals surface area contributed by atoms with Crippen molar-refractivity contribution in [3.05, 3.63) is 45.2 Å². The van der Waals surface area contributed by atoms with Crippen LogP contribution in [0.15, 0.2) is 24.4 Å². The lowest BCUT2D eigenvalue weighted by atomic mass is 10.3. The Labute approximate surface area is 106 Å². The molecule has 0 aromatic carbocycles. The highest BCUT2D eigenvalue weighted by Gasteiger charge is 2.13. The number of halogens is 1. The van der Waals surface area contributed by atoms with Crippen LogP contribution < -0.4 is 11.3 Å². The largest absolute Gasteiger partial charge is 0.389 e. The first-order chi connectivity index (χ1) is 8.60. The molecular formula is C9H9ClN6O2. The van der Waals surface area contributed by atoms with Crippen LogP contribution in [0.25, 0.3) is 0 Å². The molecular weight excluding hydrogens is 260 g/mol. The van der Waals surface area contributed by atoms with Gasteiger partial charge in [-0.25, -0.2) is 10.8 Å². The van der Waals surface area contributed by atoms with E-state index in [1.807, 2.05) is 0 Å². The van der Waals surface area contributed by atoms with E-state index in [-0.39, 0.29) is 12.4 Å². The van der Waals surface area contributed by atoms with Crippen LogP contribution in [0.1, 0.15) is 5.69 Å². The predicted octanol–water partition coefficient (Wildman–Crippen LogP) is 1.17. The van der Waals surface area contributed by atoms with Crippen LogP contribution in [0.3, 0.4) is 0 Å². The summed E-state index contributed by atoms with van der Waals surface area (Å²) in [7, 11) is 0. The molecule has 0 aliphatic heterocycles. The van der Waals surface area contributed by atoms with Crippen molar-refractivity contribution < 1.29 is 4.92 Å². The predicted molar refractivity (Wildman–Crippen MR) is 65.0 cm³/mol. The van der Waals surface area contributed by atoms with Gasteiger partial charge in [0.1, 0.15) is 12.4 Å². The maximum atomic E-state index is 10.5. The standard InChI is InChI=1S/C9H9ClN6O2/c10-6-1-2-8(13-11)12-7(6)5-15-4-3-9(14-15)16(17)18/h1-4H,5,11H2,(H,12,13). The summed E-state index contributed by atoms with van der Waals surface area (Å²) >= 11 is 5.97. The molecule has 0 fully saturated rings. The Balaban J connectivity index is 2.24. The number of nitrogen functional groups attached to an aromatic ring is 1. The van der Waals surface area contributed by atoms with Gasteiger partial charge >= 0.3 is 5.82 Å². The van der Waals surface area contributed by atoms with Gasteiger partial charge in [0.2, 0.25) is 0 Å². The molecule has 0 amide bonds. The Hall–Kier alpha value is -2.19. The molecule has 2 heterocycles. The van der Waals surface area contributed by atoms with Crippen LogP contribution in [-0.2, 0) is 6.54 Å². The molecule has 0 saturated carbocycles. The minimum Gasteiger partial charge on any atom is -0.358 e. The molecule has 9 heteroatoms. The number of nitrogens with one attached hydrogen (secondary N) is 1. The molecule has 18 heavy (non-hydrogen) atoms. The van der Waals surface area contributed by atoms with E-state index in [4.69, 9.17) is 17.4 Å². The third-order valence-electron chi connectivity index (χ3n) is 2.19. The van der Waals surface area contributed by atoms with Crippen molar-refractivity contribution in [3.63, 3.8) is 0 Å². The van der Waals surface area contributed by atoms with E-state index >= 15 is 0 Å². The number of aromatic nitrogens is 3. The summed E-state index contributed by atoms with van der Waals surface area (Å²) in [6, 6.07) is 4.56. The quantitative estimate of drug-likeness (QED) is 0.489. The van der Waals surface area contributed by atoms with E-state index in [9.17, 15) is 10.1 Å². The molecule has 0 aliphatic carbocycles. The van der Waals surface area contributed by atoms with Gasteiger partial charge in [-0.2, -0.15) is 4.68 Å². The maximum Gasteiger partial charge on any atom is 0.389 e. The van der Waals surface area contributed by atoms with Crippen LogP contribution in [0, 0.1) is 10.1 Å². The number of pyridine rings is 1. The van der Waals surface area contributed by atoms with E-state index < -0.39 is 4.92 Å². The fourth-order valence-electron chi connectivity index (χ4n) is 1.37. The van der Waals surface area contributed by atoms with Crippen molar-refractivity contribution in [2.75, 3.05) is 5.43 Å². The van der Waals surface area contributed by atoms with Crippen molar-refractivity contribution >= 4 is 23.2 Å². The van der Waals surface area contributed by atoms with Gasteiger partial charge in [-0.1, -0.05) is 11.6 Å². The molecule has 2 rings (SSSR count). The van der Waals surface area contributed by atoms with Crippen LogP contribution in [0.5, 0.6) is 0 Å². The van der Waals surface area contributed by atoms with Crippen LogP contribution in [0.4, 0.5) is 11.6 Å². The van der Waals surface area contributed by atoms with Crippen molar-refractivity contribution in [3.8, 4) is 0 Å². The summed E-state index contributed by atoms with van der Waals surface area (Å²) in [4.78, 5) is 14.1. The SMILES string of the molecule is NNc1ccc(Cl)c(Cn2ccc([N+](=O)[O-])n2)n1. The first-order valence-corrected chi connectivity index (χ1v) is 5.28. The van der Waals surface area contributed by atoms with Gasteiger partial charge in [-0.05, 0) is 17.1 Å². The lowest BCUT2D eigenvalue weighted by Crippen LogP contribution is -2.11. The monoisotopic (exact) mass is 268 g/mol. The molecule has 0 radical (unpaired) electrons. The Morgan fingerprint density at radius 3 is 2.89 bits per heavy atom. The fraction of sp³-hybridized carbons (Fsp3) is 0.111. The molecule has 0 saturated heterocycles. The number of rotatable bonds is 4. The first kappa shape index (κ1) is 12.3. The summed E-state index contributed by atoms with van der Waals surface area (Å²) in [5, 5.41) is 14.7. The van der Waals surface area contributed by atoms with Gasteiger partial charge in [-0.15, -0.1) is 0 Å². The molecule has 0 atom stereocenters. The van der Waals surface area contributed by atoms with Gasteiger partial charge in [0.05, 0.1) is 28.1 Å². The van der Waals surface area contributed by atoms with Gasteiger partial charge < -0.3 is 15.5 Å². The highest BCUT2D eigenvalue weighted by Crippen LogP contribution is 2.17. The number of nitrogens with zero attached hydrogens (tertiary/aromatic N) is 4. The molecule has 0 spiro atoms. The summed E-state index contributed by atoms with van der Waals surface area (Å²) in [5.41, 5.74) is 2.91. The van der Waals surface area contributed by atoms with Gasteiger partial charge in [0.25, 0.3) is 0 Å². The van der Waals surface area contributed by atoms with E-state index in [0.717, 1.165) is 0 Å². The molecule has 2 aromatic heterocycles. The van der Waals surface area contributed by atoms with E-state index in [0.29, 0.717) is 16.5 Å². The van der Waals surface area contributed by atoms with Crippen LogP contribution >= 0.6 is 11.6 Å². The van der Waals surface area contributed by atoms with E-state index in [1.54, 1.807) is 12.1 Å². The molecule has 94 valence electrons. The lowest BCUT2D eigenvalue weighted by molar-refractivity contribution is -0.389. The van der Waals surface area contributed by atoms with Crippen molar-refractivity contribution in [2.24, 2.45) is 5.84 Å². The number of hydrogen-bond donors (Lipinski definition) is 2. The highest BCUT2D eigenvalue weighted by atomic mass is 35.5. The third kappa shape index (κ3) is 2.55. The normalized spacial score (nSPS) is 10.3. The van der Waals surface area contributed by atoms with Gasteiger partial charge in [0.15, 0.2) is 0 Å². The molecule has 3 N–H and O–H groups in total.